The maximum atomic E-state index is 13.7. The first-order valence-electron chi connectivity index (χ1n) is 8.19. The van der Waals surface area contributed by atoms with Gasteiger partial charge in [0.25, 0.3) is 11.6 Å². The lowest BCUT2D eigenvalue weighted by Gasteiger charge is -2.29. The molecule has 26 heavy (non-hydrogen) atoms. The Morgan fingerprint density at radius 1 is 1.23 bits per heavy atom. The van der Waals surface area contributed by atoms with E-state index in [1.165, 1.54) is 18.2 Å². The van der Waals surface area contributed by atoms with E-state index in [0.29, 0.717) is 31.9 Å². The first-order chi connectivity index (χ1) is 12.6. The van der Waals surface area contributed by atoms with Crippen molar-refractivity contribution in [3.05, 3.63) is 69.5 Å². The van der Waals surface area contributed by atoms with Crippen LogP contribution in [0.4, 0.5) is 15.8 Å². The summed E-state index contributed by atoms with van der Waals surface area (Å²) in [5.41, 5.74) is 0.700. The van der Waals surface area contributed by atoms with Crippen LogP contribution in [0.25, 0.3) is 0 Å². The van der Waals surface area contributed by atoms with Crippen molar-refractivity contribution in [2.45, 2.75) is 6.54 Å². The molecule has 1 amide bonds. The number of benzene rings is 2. The van der Waals surface area contributed by atoms with Crippen molar-refractivity contribution in [2.24, 2.45) is 0 Å². The maximum Gasteiger partial charge on any atom is 0.282 e. The van der Waals surface area contributed by atoms with Crippen LogP contribution in [0.2, 0.25) is 0 Å². The third-order valence-corrected chi connectivity index (χ3v) is 4.19. The summed E-state index contributed by atoms with van der Waals surface area (Å²) in [6.45, 7) is 2.37. The highest BCUT2D eigenvalue weighted by Gasteiger charge is 2.23. The molecule has 3 rings (SSSR count). The van der Waals surface area contributed by atoms with Gasteiger partial charge in [-0.3, -0.25) is 14.9 Å². The number of carbonyl (C=O) groups excluding carboxylic acids is 1. The zero-order valence-electron chi connectivity index (χ0n) is 14.0. The molecular formula is C18H18FN3O4. The largest absolute Gasteiger partial charge is 0.378 e. The lowest BCUT2D eigenvalue weighted by molar-refractivity contribution is -0.385. The Bertz CT molecular complexity index is 822. The average Bonchev–Trinajstić information content (AvgIpc) is 2.67. The fourth-order valence-electron chi connectivity index (χ4n) is 2.80. The van der Waals surface area contributed by atoms with Crippen LogP contribution in [0.1, 0.15) is 15.9 Å². The maximum absolute atomic E-state index is 13.7. The summed E-state index contributed by atoms with van der Waals surface area (Å²) in [7, 11) is 0. The van der Waals surface area contributed by atoms with Crippen molar-refractivity contribution in [1.29, 1.82) is 0 Å². The van der Waals surface area contributed by atoms with Crippen LogP contribution in [-0.4, -0.2) is 37.1 Å². The van der Waals surface area contributed by atoms with E-state index >= 15 is 0 Å². The van der Waals surface area contributed by atoms with Crippen LogP contribution in [0.15, 0.2) is 42.5 Å². The summed E-state index contributed by atoms with van der Waals surface area (Å²) in [4.78, 5) is 25.2. The molecule has 0 unspecified atom stereocenters. The van der Waals surface area contributed by atoms with Crippen molar-refractivity contribution in [3.63, 3.8) is 0 Å². The normalized spacial score (nSPS) is 14.1. The van der Waals surface area contributed by atoms with E-state index in [1.54, 1.807) is 24.3 Å². The van der Waals surface area contributed by atoms with Gasteiger partial charge in [0.05, 0.1) is 18.1 Å². The second-order valence-corrected chi connectivity index (χ2v) is 5.83. The SMILES string of the molecule is O=C(NCc1ccccc1F)c1cc(N2CCOCC2)ccc1[N+](=O)[O-]. The molecule has 1 aliphatic rings. The van der Waals surface area contributed by atoms with Crippen LogP contribution >= 0.6 is 0 Å². The number of nitro groups is 1. The van der Waals surface area contributed by atoms with E-state index in [9.17, 15) is 19.3 Å². The van der Waals surface area contributed by atoms with E-state index < -0.39 is 16.6 Å². The molecule has 1 aliphatic heterocycles. The van der Waals surface area contributed by atoms with Crippen LogP contribution in [0.5, 0.6) is 0 Å². The molecule has 0 aromatic heterocycles. The monoisotopic (exact) mass is 359 g/mol. The number of halogens is 1. The molecule has 1 N–H and O–H groups in total. The summed E-state index contributed by atoms with van der Waals surface area (Å²) in [6.07, 6.45) is 0. The van der Waals surface area contributed by atoms with Crippen molar-refractivity contribution >= 4 is 17.3 Å². The highest BCUT2D eigenvalue weighted by molar-refractivity contribution is 5.99. The van der Waals surface area contributed by atoms with E-state index in [4.69, 9.17) is 4.74 Å². The molecule has 7 nitrogen and oxygen atoms in total. The second-order valence-electron chi connectivity index (χ2n) is 5.83. The average molecular weight is 359 g/mol. The number of carbonyl (C=O) groups is 1. The Balaban J connectivity index is 1.82. The first kappa shape index (κ1) is 17.8. The number of nitro benzene ring substituents is 1. The van der Waals surface area contributed by atoms with Crippen LogP contribution in [-0.2, 0) is 11.3 Å². The Hall–Kier alpha value is -3.00. The molecular weight excluding hydrogens is 341 g/mol. The molecule has 1 heterocycles. The minimum Gasteiger partial charge on any atom is -0.378 e. The number of ether oxygens (including phenoxy) is 1. The van der Waals surface area contributed by atoms with E-state index in [0.717, 1.165) is 5.69 Å². The highest BCUT2D eigenvalue weighted by Crippen LogP contribution is 2.26. The van der Waals surface area contributed by atoms with E-state index in [1.807, 2.05) is 4.90 Å². The van der Waals surface area contributed by atoms with Gasteiger partial charge in [-0.05, 0) is 18.2 Å². The smallest absolute Gasteiger partial charge is 0.282 e. The molecule has 2 aromatic rings. The zero-order valence-corrected chi connectivity index (χ0v) is 14.0. The van der Waals surface area contributed by atoms with Gasteiger partial charge in [0.2, 0.25) is 0 Å². The third kappa shape index (κ3) is 3.97. The minimum absolute atomic E-state index is 0.0460. The topological polar surface area (TPSA) is 84.7 Å². The van der Waals surface area contributed by atoms with Gasteiger partial charge in [0.15, 0.2) is 0 Å². The summed E-state index contributed by atoms with van der Waals surface area (Å²) >= 11 is 0. The molecule has 0 bridgehead atoms. The van der Waals surface area contributed by atoms with Gasteiger partial charge in [-0.15, -0.1) is 0 Å². The number of amides is 1. The molecule has 8 heteroatoms. The number of rotatable bonds is 5. The van der Waals surface area contributed by atoms with E-state index in [2.05, 4.69) is 5.32 Å². The van der Waals surface area contributed by atoms with Gasteiger partial charge in [-0.1, -0.05) is 18.2 Å². The number of hydrogen-bond donors (Lipinski definition) is 1. The molecule has 2 aromatic carbocycles. The Kier molecular flexibility index (Phi) is 5.43. The third-order valence-electron chi connectivity index (χ3n) is 4.19. The molecule has 0 spiro atoms. The summed E-state index contributed by atoms with van der Waals surface area (Å²) < 4.78 is 19.0. The Morgan fingerprint density at radius 2 is 1.96 bits per heavy atom. The number of nitrogens with one attached hydrogen (secondary N) is 1. The molecule has 1 fully saturated rings. The summed E-state index contributed by atoms with van der Waals surface area (Å²) in [5, 5.41) is 13.8. The molecule has 1 saturated heterocycles. The van der Waals surface area contributed by atoms with Gasteiger partial charge in [0.1, 0.15) is 11.4 Å². The van der Waals surface area contributed by atoms with Gasteiger partial charge < -0.3 is 15.0 Å². The molecule has 0 saturated carbocycles. The van der Waals surface area contributed by atoms with Gasteiger partial charge in [-0.25, -0.2) is 4.39 Å². The van der Waals surface area contributed by atoms with Gasteiger partial charge in [0, 0.05) is 37.0 Å². The zero-order chi connectivity index (χ0) is 18.5. The lowest BCUT2D eigenvalue weighted by atomic mass is 10.1. The molecule has 0 aliphatic carbocycles. The molecule has 0 radical (unpaired) electrons. The van der Waals surface area contributed by atoms with Crippen molar-refractivity contribution in [2.75, 3.05) is 31.2 Å². The summed E-state index contributed by atoms with van der Waals surface area (Å²) in [5.74, 6) is -1.06. The second kappa shape index (κ2) is 7.92. The fraction of sp³-hybridized carbons (Fsp3) is 0.278. The number of anilines is 1. The summed E-state index contributed by atoms with van der Waals surface area (Å²) in [6, 6.07) is 10.5. The number of morpholine rings is 1. The first-order valence-corrected chi connectivity index (χ1v) is 8.19. The van der Waals surface area contributed by atoms with Crippen LogP contribution in [0.3, 0.4) is 0 Å². The predicted molar refractivity (Wildman–Crippen MR) is 93.7 cm³/mol. The van der Waals surface area contributed by atoms with Gasteiger partial charge in [-0.2, -0.15) is 0 Å². The number of nitrogens with zero attached hydrogens (tertiary/aromatic N) is 2. The standard InChI is InChI=1S/C18H18FN3O4/c19-16-4-2-1-3-13(16)12-20-18(23)15-11-14(5-6-17(15)22(24)25)21-7-9-26-10-8-21/h1-6,11H,7-10,12H2,(H,20,23). The fourth-order valence-corrected chi connectivity index (χ4v) is 2.80. The molecule has 136 valence electrons. The van der Waals surface area contributed by atoms with Gasteiger partial charge >= 0.3 is 0 Å². The van der Waals surface area contributed by atoms with Crippen molar-refractivity contribution < 1.29 is 18.8 Å². The lowest BCUT2D eigenvalue weighted by Crippen LogP contribution is -2.36. The predicted octanol–water partition coefficient (Wildman–Crippen LogP) is 2.50. The van der Waals surface area contributed by atoms with Crippen LogP contribution < -0.4 is 10.2 Å². The minimum atomic E-state index is -0.616. The van der Waals surface area contributed by atoms with Crippen molar-refractivity contribution in [3.8, 4) is 0 Å². The number of hydrogen-bond acceptors (Lipinski definition) is 5. The van der Waals surface area contributed by atoms with Crippen molar-refractivity contribution in [1.82, 2.24) is 5.32 Å². The quantitative estimate of drug-likeness (QED) is 0.655. The molecule has 0 atom stereocenters. The Morgan fingerprint density at radius 3 is 2.65 bits per heavy atom. The Labute approximate surface area is 149 Å². The van der Waals surface area contributed by atoms with Crippen LogP contribution in [0, 0.1) is 15.9 Å². The highest BCUT2D eigenvalue weighted by atomic mass is 19.1. The van der Waals surface area contributed by atoms with E-state index in [-0.39, 0.29) is 17.8 Å².